The van der Waals surface area contributed by atoms with Crippen LogP contribution in [-0.2, 0) is 9.53 Å². The maximum atomic E-state index is 12.4. The minimum absolute atomic E-state index is 0.560. The van der Waals surface area contributed by atoms with Crippen molar-refractivity contribution in [2.75, 3.05) is 0 Å². The van der Waals surface area contributed by atoms with Crippen LogP contribution in [0.15, 0.2) is 59.3 Å². The van der Waals surface area contributed by atoms with E-state index in [1.54, 1.807) is 11.3 Å². The molecule has 0 aliphatic heterocycles. The highest BCUT2D eigenvalue weighted by Crippen LogP contribution is 2.41. The average Bonchev–Trinajstić information content (AvgIpc) is 3.26. The highest BCUT2D eigenvalue weighted by Gasteiger charge is 2.32. The van der Waals surface area contributed by atoms with Crippen LogP contribution in [0.2, 0.25) is 5.02 Å². The topological polar surface area (TPSA) is 59.4 Å². The monoisotopic (exact) mass is 465 g/mol. The van der Waals surface area contributed by atoms with E-state index in [2.05, 4.69) is 17.5 Å². The molecule has 164 valence electrons. The number of nitrogens with zero attached hydrogens (tertiary/aromatic N) is 1. The molecule has 0 spiro atoms. The quantitative estimate of drug-likeness (QED) is 0.331. The van der Waals surface area contributed by atoms with Gasteiger partial charge in [-0.1, -0.05) is 29.8 Å². The van der Waals surface area contributed by atoms with Gasteiger partial charge in [-0.25, -0.2) is 4.79 Å². The normalized spacial score (nSPS) is 12.8. The molecule has 1 N–H and O–H groups in total. The molecule has 32 heavy (non-hydrogen) atoms. The van der Waals surface area contributed by atoms with Crippen molar-refractivity contribution in [1.29, 1.82) is 0 Å². The molecule has 2 heterocycles. The molecule has 6 heteroatoms. The molecule has 4 aromatic rings. The van der Waals surface area contributed by atoms with Crippen LogP contribution < -0.4 is 0 Å². The molecule has 0 aliphatic carbocycles. The molecule has 0 radical (unpaired) electrons. The Morgan fingerprint density at radius 1 is 1.06 bits per heavy atom. The molecule has 2 aromatic heterocycles. The van der Waals surface area contributed by atoms with Gasteiger partial charge in [0.1, 0.15) is 0 Å². The Bertz CT molecular complexity index is 1280. The van der Waals surface area contributed by atoms with Crippen molar-refractivity contribution < 1.29 is 14.6 Å². The van der Waals surface area contributed by atoms with E-state index >= 15 is 0 Å². The smallest absolute Gasteiger partial charge is 0.337 e. The molecular formula is C26H24ClNO3S. The Kier molecular flexibility index (Phi) is 6.08. The van der Waals surface area contributed by atoms with E-state index < -0.39 is 17.7 Å². The van der Waals surface area contributed by atoms with Gasteiger partial charge in [-0.2, -0.15) is 11.3 Å². The number of hydrogen-bond donors (Lipinski definition) is 1. The third kappa shape index (κ3) is 4.56. The highest BCUT2D eigenvalue weighted by molar-refractivity contribution is 7.08. The fourth-order valence-corrected chi connectivity index (χ4v) is 4.63. The van der Waals surface area contributed by atoms with E-state index in [4.69, 9.17) is 21.3 Å². The molecule has 0 bridgehead atoms. The van der Waals surface area contributed by atoms with Gasteiger partial charge in [0, 0.05) is 21.7 Å². The molecule has 0 saturated heterocycles. The van der Waals surface area contributed by atoms with Gasteiger partial charge in [0.25, 0.3) is 0 Å². The number of hydrogen-bond acceptors (Lipinski definition) is 4. The summed E-state index contributed by atoms with van der Waals surface area (Å²) in [4.78, 5) is 17.2. The van der Waals surface area contributed by atoms with Crippen LogP contribution in [0.5, 0.6) is 0 Å². The lowest BCUT2D eigenvalue weighted by Gasteiger charge is -2.28. The molecule has 0 aliphatic rings. The van der Waals surface area contributed by atoms with Crippen molar-refractivity contribution in [3.63, 3.8) is 0 Å². The van der Waals surface area contributed by atoms with Gasteiger partial charge in [-0.15, -0.1) is 0 Å². The second-order valence-electron chi connectivity index (χ2n) is 8.69. The molecule has 1 unspecified atom stereocenters. The lowest BCUT2D eigenvalue weighted by atomic mass is 9.90. The minimum atomic E-state index is -1.16. The Labute approximate surface area is 196 Å². The van der Waals surface area contributed by atoms with E-state index in [0.29, 0.717) is 16.3 Å². The van der Waals surface area contributed by atoms with Gasteiger partial charge in [-0.05, 0) is 91.0 Å². The Morgan fingerprint density at radius 2 is 1.75 bits per heavy atom. The number of aryl methyl sites for hydroxylation is 1. The van der Waals surface area contributed by atoms with Crippen LogP contribution in [0, 0.1) is 6.92 Å². The summed E-state index contributed by atoms with van der Waals surface area (Å²) in [5, 5.41) is 15.8. The third-order valence-electron chi connectivity index (χ3n) is 5.16. The molecule has 4 nitrogen and oxygen atoms in total. The molecule has 0 saturated carbocycles. The number of halogens is 1. The summed E-state index contributed by atoms with van der Waals surface area (Å²) in [6.07, 6.45) is -1.16. The zero-order valence-electron chi connectivity index (χ0n) is 18.3. The number of carboxylic acids is 1. The highest BCUT2D eigenvalue weighted by atomic mass is 35.5. The number of carbonyl (C=O) groups is 1. The lowest BCUT2D eigenvalue weighted by Crippen LogP contribution is -2.28. The van der Waals surface area contributed by atoms with E-state index in [-0.39, 0.29) is 0 Å². The number of ether oxygens (including phenoxy) is 1. The molecule has 0 fully saturated rings. The summed E-state index contributed by atoms with van der Waals surface area (Å²) in [5.41, 5.74) is 5.17. The minimum Gasteiger partial charge on any atom is -0.479 e. The first-order chi connectivity index (χ1) is 15.1. The first-order valence-corrected chi connectivity index (χ1v) is 11.6. The average molecular weight is 466 g/mol. The Balaban J connectivity index is 2.07. The van der Waals surface area contributed by atoms with Crippen LogP contribution in [0.1, 0.15) is 38.1 Å². The number of aromatic nitrogens is 1. The second kappa shape index (κ2) is 8.66. The number of aliphatic carboxylic acids is 1. The summed E-state index contributed by atoms with van der Waals surface area (Å²) in [7, 11) is 0. The molecule has 1 atom stereocenters. The largest absolute Gasteiger partial charge is 0.479 e. The summed E-state index contributed by atoms with van der Waals surface area (Å²) >= 11 is 7.79. The number of fused-ring (bicyclic) bond motifs is 1. The fourth-order valence-electron chi connectivity index (χ4n) is 3.84. The van der Waals surface area contributed by atoms with Crippen molar-refractivity contribution >= 4 is 39.8 Å². The van der Waals surface area contributed by atoms with Crippen molar-refractivity contribution in [2.24, 2.45) is 0 Å². The van der Waals surface area contributed by atoms with Crippen LogP contribution in [-0.4, -0.2) is 21.7 Å². The molecule has 4 rings (SSSR count). The molecule has 2 aromatic carbocycles. The predicted molar refractivity (Wildman–Crippen MR) is 131 cm³/mol. The van der Waals surface area contributed by atoms with Crippen molar-refractivity contribution in [2.45, 2.75) is 39.4 Å². The maximum Gasteiger partial charge on any atom is 0.337 e. The second-order valence-corrected chi connectivity index (χ2v) is 9.90. The first-order valence-electron chi connectivity index (χ1n) is 10.3. The van der Waals surface area contributed by atoms with Crippen molar-refractivity contribution in [1.82, 2.24) is 4.98 Å². The van der Waals surface area contributed by atoms with Crippen LogP contribution >= 0.6 is 22.9 Å². The Hall–Kier alpha value is -2.73. The number of pyridine rings is 1. The number of rotatable bonds is 5. The Morgan fingerprint density at radius 3 is 2.34 bits per heavy atom. The zero-order valence-corrected chi connectivity index (χ0v) is 19.9. The number of carboxylic acid groups (broad SMARTS) is 1. The first kappa shape index (κ1) is 22.5. The van der Waals surface area contributed by atoms with E-state index in [9.17, 15) is 9.90 Å². The fraction of sp³-hybridized carbons (Fsp3) is 0.231. The van der Waals surface area contributed by atoms with E-state index in [0.717, 1.165) is 33.2 Å². The van der Waals surface area contributed by atoms with Gasteiger partial charge in [0.05, 0.1) is 11.1 Å². The van der Waals surface area contributed by atoms with E-state index in [1.165, 1.54) is 0 Å². The molecular weight excluding hydrogens is 442 g/mol. The number of benzene rings is 2. The maximum absolute atomic E-state index is 12.4. The van der Waals surface area contributed by atoms with E-state index in [1.807, 2.05) is 69.5 Å². The summed E-state index contributed by atoms with van der Waals surface area (Å²) in [5.74, 6) is -1.05. The van der Waals surface area contributed by atoms with Gasteiger partial charge in [-0.3, -0.25) is 4.98 Å². The van der Waals surface area contributed by atoms with Gasteiger partial charge in [0.2, 0.25) is 0 Å². The van der Waals surface area contributed by atoms with Gasteiger partial charge >= 0.3 is 5.97 Å². The summed E-state index contributed by atoms with van der Waals surface area (Å²) in [6, 6.07) is 15.6. The lowest BCUT2D eigenvalue weighted by molar-refractivity contribution is -0.160. The predicted octanol–water partition coefficient (Wildman–Crippen LogP) is 7.53. The molecule has 0 amide bonds. The van der Waals surface area contributed by atoms with Crippen LogP contribution in [0.3, 0.4) is 0 Å². The van der Waals surface area contributed by atoms with Crippen molar-refractivity contribution in [3.05, 3.63) is 75.6 Å². The van der Waals surface area contributed by atoms with Gasteiger partial charge < -0.3 is 9.84 Å². The zero-order chi connectivity index (χ0) is 23.0. The SMILES string of the molecule is Cc1nc2ccc(-c3ccsc3)cc2c(-c2ccc(Cl)cc2)c1C(OC(C)(C)C)C(=O)O. The third-order valence-corrected chi connectivity index (χ3v) is 6.09. The van der Waals surface area contributed by atoms with Crippen LogP contribution in [0.4, 0.5) is 0 Å². The standard InChI is InChI=1S/C26H24ClNO3S/c1-15-22(24(25(29)30)31-26(2,3)4)23(16-5-8-19(27)9-6-16)20-13-17(7-10-21(20)28-15)18-11-12-32-14-18/h5-14,24H,1-4H3,(H,29,30). The van der Waals surface area contributed by atoms with Crippen LogP contribution in [0.25, 0.3) is 33.2 Å². The number of thiophene rings is 1. The summed E-state index contributed by atoms with van der Waals surface area (Å²) in [6.45, 7) is 7.39. The van der Waals surface area contributed by atoms with Crippen molar-refractivity contribution in [3.8, 4) is 22.3 Å². The van der Waals surface area contributed by atoms with Gasteiger partial charge in [0.15, 0.2) is 6.10 Å². The summed E-state index contributed by atoms with van der Waals surface area (Å²) < 4.78 is 6.04.